The Hall–Kier alpha value is -2.11. The Morgan fingerprint density at radius 3 is 2.39 bits per heavy atom. The predicted molar refractivity (Wildman–Crippen MR) is 62.3 cm³/mol. The van der Waals surface area contributed by atoms with Crippen molar-refractivity contribution >= 4 is 11.8 Å². The Labute approximate surface area is 103 Å². The number of carbonyl (C=O) groups excluding carboxylic acids is 1. The minimum Gasteiger partial charge on any atom is -0.410 e. The van der Waals surface area contributed by atoms with Gasteiger partial charge in [0.05, 0.1) is 4.92 Å². The highest BCUT2D eigenvalue weighted by Crippen LogP contribution is 2.56. The molecule has 4 rings (SSSR count). The van der Waals surface area contributed by atoms with Crippen molar-refractivity contribution in [2.24, 2.45) is 5.92 Å². The molecule has 0 atom stereocenters. The fraction of sp³-hybridized carbons (Fsp3) is 0.417. The number of non-ortho nitro benzene ring substituents is 1. The maximum Gasteiger partial charge on any atom is 0.413 e. The molecular weight excluding hydrogens is 236 g/mol. The van der Waals surface area contributed by atoms with Crippen LogP contribution in [0.2, 0.25) is 0 Å². The second-order valence-electron chi connectivity index (χ2n) is 5.02. The first-order valence-electron chi connectivity index (χ1n) is 5.81. The van der Waals surface area contributed by atoms with Crippen molar-refractivity contribution in [2.45, 2.75) is 24.8 Å². The molecule has 6 heteroatoms. The Morgan fingerprint density at radius 1 is 1.33 bits per heavy atom. The molecule has 1 aromatic carbocycles. The van der Waals surface area contributed by atoms with Gasteiger partial charge in [-0.25, -0.2) is 4.79 Å². The smallest absolute Gasteiger partial charge is 0.410 e. The van der Waals surface area contributed by atoms with Gasteiger partial charge in [-0.2, -0.15) is 0 Å². The zero-order valence-electron chi connectivity index (χ0n) is 9.59. The molecule has 3 fully saturated rings. The molecule has 0 radical (unpaired) electrons. The van der Waals surface area contributed by atoms with Gasteiger partial charge in [0.2, 0.25) is 0 Å². The summed E-state index contributed by atoms with van der Waals surface area (Å²) in [7, 11) is 0. The van der Waals surface area contributed by atoms with Gasteiger partial charge in [-0.15, -0.1) is 0 Å². The number of hydrogen-bond acceptors (Lipinski definition) is 4. The first-order chi connectivity index (χ1) is 8.56. The largest absolute Gasteiger partial charge is 0.413 e. The van der Waals surface area contributed by atoms with Crippen LogP contribution in [-0.2, 0) is 0 Å². The van der Waals surface area contributed by atoms with Gasteiger partial charge in [0.1, 0.15) is 5.75 Å². The second-order valence-corrected chi connectivity index (χ2v) is 5.02. The van der Waals surface area contributed by atoms with Gasteiger partial charge >= 0.3 is 6.09 Å². The molecule has 1 amide bonds. The van der Waals surface area contributed by atoms with Gasteiger partial charge in [0, 0.05) is 17.7 Å². The third-order valence-corrected chi connectivity index (χ3v) is 3.66. The van der Waals surface area contributed by atoms with Gasteiger partial charge in [0.25, 0.3) is 5.69 Å². The lowest BCUT2D eigenvalue weighted by Gasteiger charge is -2.61. The van der Waals surface area contributed by atoms with Crippen molar-refractivity contribution in [3.05, 3.63) is 34.4 Å². The van der Waals surface area contributed by atoms with Crippen LogP contribution in [0.15, 0.2) is 24.3 Å². The van der Waals surface area contributed by atoms with E-state index in [0.29, 0.717) is 5.75 Å². The summed E-state index contributed by atoms with van der Waals surface area (Å²) >= 11 is 0. The third-order valence-electron chi connectivity index (χ3n) is 3.66. The number of ether oxygens (including phenoxy) is 1. The van der Waals surface area contributed by atoms with Crippen LogP contribution in [0.25, 0.3) is 0 Å². The van der Waals surface area contributed by atoms with Crippen molar-refractivity contribution < 1.29 is 14.5 Å². The predicted octanol–water partition coefficient (Wildman–Crippen LogP) is 2.24. The number of nitrogens with zero attached hydrogens (tertiary/aromatic N) is 1. The normalized spacial score (nSPS) is 27.7. The van der Waals surface area contributed by atoms with Crippen LogP contribution in [0.5, 0.6) is 5.75 Å². The molecule has 6 nitrogen and oxygen atoms in total. The third kappa shape index (κ3) is 1.79. The molecule has 94 valence electrons. The monoisotopic (exact) mass is 248 g/mol. The summed E-state index contributed by atoms with van der Waals surface area (Å²) < 4.78 is 5.07. The van der Waals surface area contributed by atoms with Crippen molar-refractivity contribution in [2.75, 3.05) is 0 Å². The number of nitro benzene ring substituents is 1. The maximum atomic E-state index is 11.6. The molecule has 3 aliphatic rings. The summed E-state index contributed by atoms with van der Waals surface area (Å²) in [6.45, 7) is 0. The van der Waals surface area contributed by atoms with E-state index >= 15 is 0 Å². The number of carbonyl (C=O) groups is 1. The molecule has 0 saturated heterocycles. The highest BCUT2D eigenvalue weighted by Gasteiger charge is 2.57. The summed E-state index contributed by atoms with van der Waals surface area (Å²) in [4.78, 5) is 21.6. The highest BCUT2D eigenvalue weighted by molar-refractivity contribution is 5.72. The molecule has 3 aliphatic carbocycles. The average molecular weight is 248 g/mol. The molecular formula is C12H12N2O4. The van der Waals surface area contributed by atoms with Gasteiger partial charge in [-0.3, -0.25) is 10.1 Å². The van der Waals surface area contributed by atoms with Crippen LogP contribution in [-0.4, -0.2) is 16.6 Å². The molecule has 0 aliphatic heterocycles. The lowest BCUT2D eigenvalue weighted by atomic mass is 9.50. The fourth-order valence-electron chi connectivity index (χ4n) is 2.62. The van der Waals surface area contributed by atoms with Crippen LogP contribution in [0, 0.1) is 16.0 Å². The molecule has 3 saturated carbocycles. The van der Waals surface area contributed by atoms with Crippen LogP contribution in [0.1, 0.15) is 19.3 Å². The van der Waals surface area contributed by atoms with Crippen LogP contribution in [0.4, 0.5) is 10.5 Å². The first kappa shape index (κ1) is 11.0. The fourth-order valence-corrected chi connectivity index (χ4v) is 2.62. The van der Waals surface area contributed by atoms with Gasteiger partial charge in [-0.1, -0.05) is 0 Å². The number of hydrogen-bond donors (Lipinski definition) is 1. The Balaban J connectivity index is 1.58. The van der Waals surface area contributed by atoms with Gasteiger partial charge in [-0.05, 0) is 37.3 Å². The number of rotatable bonds is 3. The van der Waals surface area contributed by atoms with E-state index in [1.54, 1.807) is 0 Å². The summed E-state index contributed by atoms with van der Waals surface area (Å²) in [6.07, 6.45) is 2.65. The SMILES string of the molecule is O=C(NC12CC(C1)C2)Oc1ccc([N+](=O)[O-])cc1. The van der Waals surface area contributed by atoms with E-state index in [2.05, 4.69) is 5.32 Å². The minimum absolute atomic E-state index is 0.0253. The maximum absolute atomic E-state index is 11.6. The molecule has 0 spiro atoms. The topological polar surface area (TPSA) is 81.5 Å². The zero-order valence-corrected chi connectivity index (χ0v) is 9.59. The number of benzene rings is 1. The highest BCUT2D eigenvalue weighted by atomic mass is 16.6. The molecule has 0 aromatic heterocycles. The summed E-state index contributed by atoms with van der Waals surface area (Å²) in [5, 5.41) is 13.3. The molecule has 0 unspecified atom stereocenters. The van der Waals surface area contributed by atoms with E-state index in [9.17, 15) is 14.9 Å². The number of nitrogens with one attached hydrogen (secondary N) is 1. The average Bonchev–Trinajstić information content (AvgIpc) is 2.22. The lowest BCUT2D eigenvalue weighted by Crippen LogP contribution is -2.68. The Kier molecular flexibility index (Phi) is 2.26. The molecule has 1 N–H and O–H groups in total. The first-order valence-corrected chi connectivity index (χ1v) is 5.81. The standard InChI is InChI=1S/C12H12N2O4/c15-11(13-12-5-8(6-12)7-12)18-10-3-1-9(2-4-10)14(16)17/h1-4,8H,5-7H2,(H,13,15). The Morgan fingerprint density at radius 2 is 1.94 bits per heavy atom. The summed E-state index contributed by atoms with van der Waals surface area (Å²) in [6, 6.07) is 5.45. The molecule has 0 heterocycles. The quantitative estimate of drug-likeness (QED) is 0.657. The van der Waals surface area contributed by atoms with Crippen molar-refractivity contribution in [1.82, 2.24) is 5.32 Å². The van der Waals surface area contributed by atoms with E-state index in [4.69, 9.17) is 4.74 Å². The van der Waals surface area contributed by atoms with E-state index in [0.717, 1.165) is 25.2 Å². The van der Waals surface area contributed by atoms with Crippen molar-refractivity contribution in [1.29, 1.82) is 0 Å². The molecule has 18 heavy (non-hydrogen) atoms. The van der Waals surface area contributed by atoms with Crippen LogP contribution in [0.3, 0.4) is 0 Å². The van der Waals surface area contributed by atoms with Gasteiger partial charge < -0.3 is 10.1 Å². The van der Waals surface area contributed by atoms with Crippen molar-refractivity contribution in [3.63, 3.8) is 0 Å². The number of amides is 1. The molecule has 1 aromatic rings. The zero-order chi connectivity index (χ0) is 12.8. The Bertz CT molecular complexity index is 494. The summed E-state index contributed by atoms with van der Waals surface area (Å²) in [5.41, 5.74) is -0.0510. The molecule has 2 bridgehead atoms. The minimum atomic E-state index is -0.494. The van der Waals surface area contributed by atoms with E-state index in [1.807, 2.05) is 0 Å². The van der Waals surface area contributed by atoms with Crippen molar-refractivity contribution in [3.8, 4) is 5.75 Å². The van der Waals surface area contributed by atoms with Crippen LogP contribution < -0.4 is 10.1 Å². The second kappa shape index (κ2) is 3.69. The van der Waals surface area contributed by atoms with E-state index < -0.39 is 11.0 Å². The summed E-state index contributed by atoms with van der Waals surface area (Å²) in [5.74, 6) is 1.09. The number of nitro groups is 1. The van der Waals surface area contributed by atoms with E-state index in [1.165, 1.54) is 24.3 Å². The lowest BCUT2D eigenvalue weighted by molar-refractivity contribution is -0.384. The van der Waals surface area contributed by atoms with Gasteiger partial charge in [0.15, 0.2) is 0 Å². The van der Waals surface area contributed by atoms with Crippen LogP contribution >= 0.6 is 0 Å². The van der Waals surface area contributed by atoms with E-state index in [-0.39, 0.29) is 11.2 Å².